The molecule has 134 valence electrons. The smallest absolute Gasteiger partial charge is 0.243 e. The molecule has 1 fully saturated rings. The summed E-state index contributed by atoms with van der Waals surface area (Å²) < 4.78 is 32.2. The summed E-state index contributed by atoms with van der Waals surface area (Å²) in [7, 11) is -2.05. The Morgan fingerprint density at radius 3 is 2.96 bits per heavy atom. The summed E-state index contributed by atoms with van der Waals surface area (Å²) in [5.74, 6) is -0.462. The lowest BCUT2D eigenvalue weighted by molar-refractivity contribution is -0.126. The highest BCUT2D eigenvalue weighted by molar-refractivity contribution is 7.89. The molecule has 1 aromatic carbocycles. The van der Waals surface area contributed by atoms with Crippen LogP contribution in [0, 0.1) is 5.92 Å². The minimum atomic E-state index is -3.62. The van der Waals surface area contributed by atoms with E-state index in [2.05, 4.69) is 5.32 Å². The molecule has 1 aromatic rings. The molecule has 8 heteroatoms. The molecule has 0 bridgehead atoms. The van der Waals surface area contributed by atoms with Gasteiger partial charge in [-0.3, -0.25) is 4.79 Å². The molecular weight excluding hydrogens is 330 g/mol. The molecule has 7 nitrogen and oxygen atoms in total. The van der Waals surface area contributed by atoms with Crippen LogP contribution in [0.3, 0.4) is 0 Å². The van der Waals surface area contributed by atoms with Crippen molar-refractivity contribution < 1.29 is 17.9 Å². The van der Waals surface area contributed by atoms with Crippen molar-refractivity contribution in [2.24, 2.45) is 11.7 Å². The summed E-state index contributed by atoms with van der Waals surface area (Å²) in [6.45, 7) is 1.76. The Bertz CT molecular complexity index is 663. The zero-order chi connectivity index (χ0) is 17.6. The lowest BCUT2D eigenvalue weighted by Crippen LogP contribution is -2.46. The van der Waals surface area contributed by atoms with Gasteiger partial charge in [0.25, 0.3) is 0 Å². The average molecular weight is 355 g/mol. The summed E-state index contributed by atoms with van der Waals surface area (Å²) in [4.78, 5) is 12.3. The van der Waals surface area contributed by atoms with Crippen LogP contribution in [-0.2, 0) is 26.2 Å². The van der Waals surface area contributed by atoms with Crippen molar-refractivity contribution >= 4 is 15.9 Å². The van der Waals surface area contributed by atoms with E-state index in [4.69, 9.17) is 10.5 Å². The number of rotatable bonds is 7. The molecule has 1 atom stereocenters. The van der Waals surface area contributed by atoms with Gasteiger partial charge in [0.2, 0.25) is 15.9 Å². The molecule has 2 rings (SSSR count). The second kappa shape index (κ2) is 8.57. The largest absolute Gasteiger partial charge is 0.380 e. The highest BCUT2D eigenvalue weighted by Gasteiger charge is 2.33. The Balaban J connectivity index is 2.13. The van der Waals surface area contributed by atoms with E-state index in [0.29, 0.717) is 39.1 Å². The Hall–Kier alpha value is -1.48. The van der Waals surface area contributed by atoms with Gasteiger partial charge in [0.05, 0.1) is 17.4 Å². The number of methoxy groups -OCH3 is 1. The maximum absolute atomic E-state index is 12.9. The zero-order valence-electron chi connectivity index (χ0n) is 13.9. The fourth-order valence-electron chi connectivity index (χ4n) is 2.83. The van der Waals surface area contributed by atoms with Crippen LogP contribution in [0.2, 0.25) is 0 Å². The first-order valence-corrected chi connectivity index (χ1v) is 9.49. The van der Waals surface area contributed by atoms with Gasteiger partial charge in [0, 0.05) is 33.3 Å². The lowest BCUT2D eigenvalue weighted by atomic mass is 9.99. The Morgan fingerprint density at radius 1 is 1.46 bits per heavy atom. The number of hydrogen-bond acceptors (Lipinski definition) is 5. The van der Waals surface area contributed by atoms with Crippen molar-refractivity contribution in [2.45, 2.75) is 24.3 Å². The first-order chi connectivity index (χ1) is 11.5. The van der Waals surface area contributed by atoms with Gasteiger partial charge in [-0.1, -0.05) is 12.1 Å². The van der Waals surface area contributed by atoms with Gasteiger partial charge in [0.15, 0.2) is 0 Å². The normalized spacial score (nSPS) is 19.2. The second-order valence-corrected chi connectivity index (χ2v) is 7.80. The van der Waals surface area contributed by atoms with Crippen LogP contribution in [0.5, 0.6) is 0 Å². The van der Waals surface area contributed by atoms with Crippen molar-refractivity contribution in [3.05, 3.63) is 29.8 Å². The third kappa shape index (κ3) is 4.54. The highest BCUT2D eigenvalue weighted by Crippen LogP contribution is 2.24. The number of carbonyl (C=O) groups is 1. The van der Waals surface area contributed by atoms with E-state index >= 15 is 0 Å². The third-order valence-corrected chi connectivity index (χ3v) is 5.91. The summed E-state index contributed by atoms with van der Waals surface area (Å²) >= 11 is 0. The fourth-order valence-corrected chi connectivity index (χ4v) is 4.42. The van der Waals surface area contributed by atoms with E-state index in [0.717, 1.165) is 5.56 Å². The van der Waals surface area contributed by atoms with Crippen LogP contribution in [0.4, 0.5) is 0 Å². The maximum atomic E-state index is 12.9. The molecule has 0 spiro atoms. The molecule has 1 aliphatic heterocycles. The van der Waals surface area contributed by atoms with Gasteiger partial charge in [-0.15, -0.1) is 0 Å². The summed E-state index contributed by atoms with van der Waals surface area (Å²) in [5.41, 5.74) is 6.19. The Morgan fingerprint density at radius 2 is 2.25 bits per heavy atom. The van der Waals surface area contributed by atoms with E-state index in [9.17, 15) is 13.2 Å². The number of nitrogens with zero attached hydrogens (tertiary/aromatic N) is 1. The van der Waals surface area contributed by atoms with E-state index in [1.165, 1.54) is 4.31 Å². The zero-order valence-corrected chi connectivity index (χ0v) is 14.7. The highest BCUT2D eigenvalue weighted by atomic mass is 32.2. The molecular formula is C16H25N3O4S. The number of amides is 1. The Labute approximate surface area is 143 Å². The summed E-state index contributed by atoms with van der Waals surface area (Å²) in [6, 6.07) is 6.72. The number of sulfonamides is 1. The van der Waals surface area contributed by atoms with Gasteiger partial charge in [-0.05, 0) is 30.5 Å². The average Bonchev–Trinajstić information content (AvgIpc) is 2.60. The minimum absolute atomic E-state index is 0.131. The van der Waals surface area contributed by atoms with Gasteiger partial charge < -0.3 is 15.8 Å². The predicted octanol–water partition coefficient (Wildman–Crippen LogP) is 0.309. The topological polar surface area (TPSA) is 102 Å². The molecule has 3 N–H and O–H groups in total. The number of ether oxygens (including phenoxy) is 1. The standard InChI is InChI=1S/C16H25N3O4S/c1-23-12-13-4-2-6-15(10-13)24(21,22)19-9-3-5-14(11-19)16(20)18-8-7-17/h2,4,6,10,14H,3,5,7-9,11-12,17H2,1H3,(H,18,20). The predicted molar refractivity (Wildman–Crippen MR) is 90.7 cm³/mol. The summed E-state index contributed by atoms with van der Waals surface area (Å²) in [5, 5.41) is 2.74. The molecule has 0 aromatic heterocycles. The molecule has 0 radical (unpaired) electrons. The van der Waals surface area contributed by atoms with Crippen LogP contribution in [0.15, 0.2) is 29.2 Å². The number of hydrogen-bond donors (Lipinski definition) is 2. The molecule has 1 unspecified atom stereocenters. The van der Waals surface area contributed by atoms with Crippen molar-refractivity contribution in [3.8, 4) is 0 Å². The first-order valence-electron chi connectivity index (χ1n) is 8.05. The molecule has 1 saturated heterocycles. The molecule has 1 amide bonds. The van der Waals surface area contributed by atoms with Gasteiger partial charge in [0.1, 0.15) is 0 Å². The SMILES string of the molecule is COCc1cccc(S(=O)(=O)N2CCCC(C(=O)NCCN)C2)c1. The van der Waals surface area contributed by atoms with E-state index < -0.39 is 10.0 Å². The van der Waals surface area contributed by atoms with E-state index in [1.54, 1.807) is 25.3 Å². The maximum Gasteiger partial charge on any atom is 0.243 e. The van der Waals surface area contributed by atoms with Crippen molar-refractivity contribution in [1.82, 2.24) is 9.62 Å². The van der Waals surface area contributed by atoms with Crippen molar-refractivity contribution in [1.29, 1.82) is 0 Å². The number of piperidine rings is 1. The van der Waals surface area contributed by atoms with Crippen LogP contribution in [0.25, 0.3) is 0 Å². The van der Waals surface area contributed by atoms with E-state index in [-0.39, 0.29) is 23.3 Å². The Kier molecular flexibility index (Phi) is 6.73. The van der Waals surface area contributed by atoms with E-state index in [1.807, 2.05) is 6.07 Å². The van der Waals surface area contributed by atoms with Crippen LogP contribution < -0.4 is 11.1 Å². The van der Waals surface area contributed by atoms with Gasteiger partial charge in [-0.2, -0.15) is 4.31 Å². The number of carbonyl (C=O) groups excluding carboxylic acids is 1. The number of benzene rings is 1. The van der Waals surface area contributed by atoms with Crippen molar-refractivity contribution in [3.63, 3.8) is 0 Å². The molecule has 24 heavy (non-hydrogen) atoms. The van der Waals surface area contributed by atoms with Crippen molar-refractivity contribution in [2.75, 3.05) is 33.3 Å². The van der Waals surface area contributed by atoms with Crippen LogP contribution in [0.1, 0.15) is 18.4 Å². The second-order valence-electron chi connectivity index (χ2n) is 5.86. The monoisotopic (exact) mass is 355 g/mol. The number of nitrogens with two attached hydrogens (primary N) is 1. The molecule has 0 aliphatic carbocycles. The quantitative estimate of drug-likeness (QED) is 0.733. The minimum Gasteiger partial charge on any atom is -0.380 e. The summed E-state index contributed by atoms with van der Waals surface area (Å²) in [6.07, 6.45) is 1.35. The lowest BCUT2D eigenvalue weighted by Gasteiger charge is -2.31. The molecule has 1 heterocycles. The van der Waals surface area contributed by atoms with Gasteiger partial charge >= 0.3 is 0 Å². The number of nitrogens with one attached hydrogen (secondary N) is 1. The molecule has 1 aliphatic rings. The van der Waals surface area contributed by atoms with Crippen LogP contribution in [-0.4, -0.2) is 51.9 Å². The third-order valence-electron chi connectivity index (χ3n) is 4.05. The van der Waals surface area contributed by atoms with Gasteiger partial charge in [-0.25, -0.2) is 8.42 Å². The molecule has 0 saturated carbocycles. The van der Waals surface area contributed by atoms with Crippen LogP contribution >= 0.6 is 0 Å². The first kappa shape index (κ1) is 18.9. The fraction of sp³-hybridized carbons (Fsp3) is 0.562.